The first-order valence-electron chi connectivity index (χ1n) is 7.64. The van der Waals surface area contributed by atoms with E-state index in [4.69, 9.17) is 10.3 Å². The highest BCUT2D eigenvalue weighted by Crippen LogP contribution is 2.21. The van der Waals surface area contributed by atoms with Crippen LogP contribution in [0.15, 0.2) is 4.52 Å². The molecule has 1 aromatic heterocycles. The maximum absolute atomic E-state index is 13.6. The summed E-state index contributed by atoms with van der Waals surface area (Å²) in [6, 6.07) is -0.0227. The van der Waals surface area contributed by atoms with Crippen LogP contribution in [0.5, 0.6) is 0 Å². The van der Waals surface area contributed by atoms with E-state index in [0.717, 1.165) is 12.8 Å². The third-order valence-electron chi connectivity index (χ3n) is 3.75. The Kier molecular flexibility index (Phi) is 5.84. The number of likely N-dealkylation sites (N-methyl/N-ethyl adjacent to an activating group) is 1. The molecule has 7 nitrogen and oxygen atoms in total. The first-order valence-corrected chi connectivity index (χ1v) is 7.64. The molecular weight excluding hydrogens is 289 g/mol. The van der Waals surface area contributed by atoms with Gasteiger partial charge in [-0.15, -0.1) is 0 Å². The summed E-state index contributed by atoms with van der Waals surface area (Å²) in [7, 11) is 1.91. The number of nitrogens with zero attached hydrogens (tertiary/aromatic N) is 4. The lowest BCUT2D eigenvalue weighted by atomic mass is 10.2. The SMILES string of the molecule is CCCc1noc(CN(C)C[C@@H]2C[C@H](F)CN2CC(N)=O)n1. The van der Waals surface area contributed by atoms with Crippen LogP contribution in [-0.2, 0) is 17.8 Å². The lowest BCUT2D eigenvalue weighted by molar-refractivity contribution is -0.119. The molecule has 1 aliphatic rings. The van der Waals surface area contributed by atoms with Crippen molar-refractivity contribution in [3.05, 3.63) is 11.7 Å². The van der Waals surface area contributed by atoms with Crippen molar-refractivity contribution < 1.29 is 13.7 Å². The molecule has 124 valence electrons. The van der Waals surface area contributed by atoms with Gasteiger partial charge in [-0.2, -0.15) is 4.98 Å². The van der Waals surface area contributed by atoms with E-state index in [-0.39, 0.29) is 19.1 Å². The van der Waals surface area contributed by atoms with E-state index in [0.29, 0.717) is 31.2 Å². The highest BCUT2D eigenvalue weighted by molar-refractivity contribution is 5.76. The maximum atomic E-state index is 13.6. The number of aromatic nitrogens is 2. The number of nitrogens with two attached hydrogens (primary N) is 1. The van der Waals surface area contributed by atoms with Crippen LogP contribution in [-0.4, -0.2) is 64.7 Å². The molecule has 2 heterocycles. The molecule has 0 aromatic carbocycles. The third-order valence-corrected chi connectivity index (χ3v) is 3.75. The quantitative estimate of drug-likeness (QED) is 0.745. The highest BCUT2D eigenvalue weighted by atomic mass is 19.1. The molecule has 2 atom stereocenters. The molecule has 0 bridgehead atoms. The summed E-state index contributed by atoms with van der Waals surface area (Å²) in [6.07, 6.45) is 1.28. The molecule has 1 aliphatic heterocycles. The van der Waals surface area contributed by atoms with Crippen molar-refractivity contribution in [2.45, 2.75) is 44.9 Å². The zero-order chi connectivity index (χ0) is 16.1. The molecule has 0 unspecified atom stereocenters. The van der Waals surface area contributed by atoms with Gasteiger partial charge < -0.3 is 10.3 Å². The fourth-order valence-electron chi connectivity index (χ4n) is 2.84. The Morgan fingerprint density at radius 3 is 3.05 bits per heavy atom. The summed E-state index contributed by atoms with van der Waals surface area (Å²) in [4.78, 5) is 19.2. The molecule has 22 heavy (non-hydrogen) atoms. The van der Waals surface area contributed by atoms with E-state index in [1.807, 2.05) is 11.9 Å². The summed E-state index contributed by atoms with van der Waals surface area (Å²) >= 11 is 0. The van der Waals surface area contributed by atoms with Crippen molar-refractivity contribution in [1.29, 1.82) is 0 Å². The Hall–Kier alpha value is -1.54. The lowest BCUT2D eigenvalue weighted by Gasteiger charge is -2.26. The topological polar surface area (TPSA) is 88.5 Å². The van der Waals surface area contributed by atoms with Crippen LogP contribution in [0.3, 0.4) is 0 Å². The smallest absolute Gasteiger partial charge is 0.240 e. The van der Waals surface area contributed by atoms with E-state index in [2.05, 4.69) is 17.1 Å². The van der Waals surface area contributed by atoms with Crippen LogP contribution in [0.2, 0.25) is 0 Å². The van der Waals surface area contributed by atoms with Gasteiger partial charge in [0.25, 0.3) is 0 Å². The summed E-state index contributed by atoms with van der Waals surface area (Å²) in [6.45, 7) is 3.56. The second-order valence-corrected chi connectivity index (χ2v) is 5.93. The van der Waals surface area contributed by atoms with Gasteiger partial charge in [0.05, 0.1) is 13.1 Å². The van der Waals surface area contributed by atoms with Crippen LogP contribution in [0.4, 0.5) is 4.39 Å². The molecule has 0 spiro atoms. The number of alkyl halides is 1. The second-order valence-electron chi connectivity index (χ2n) is 5.93. The fraction of sp³-hybridized carbons (Fsp3) is 0.786. The number of amides is 1. The molecule has 1 fully saturated rings. The molecule has 2 rings (SSSR count). The number of rotatable bonds is 8. The fourth-order valence-corrected chi connectivity index (χ4v) is 2.84. The molecule has 0 aliphatic carbocycles. The van der Waals surface area contributed by atoms with Gasteiger partial charge in [-0.05, 0) is 19.9 Å². The average Bonchev–Trinajstić information content (AvgIpc) is 2.97. The van der Waals surface area contributed by atoms with Gasteiger partial charge in [-0.25, -0.2) is 4.39 Å². The number of hydrogen-bond donors (Lipinski definition) is 1. The molecule has 0 saturated carbocycles. The Morgan fingerprint density at radius 1 is 1.59 bits per heavy atom. The van der Waals surface area contributed by atoms with Crippen LogP contribution in [0, 0.1) is 0 Å². The number of likely N-dealkylation sites (tertiary alicyclic amines) is 1. The van der Waals surface area contributed by atoms with Gasteiger partial charge in [-0.3, -0.25) is 14.6 Å². The highest BCUT2D eigenvalue weighted by Gasteiger charge is 2.33. The van der Waals surface area contributed by atoms with Crippen LogP contribution in [0.1, 0.15) is 31.5 Å². The zero-order valence-corrected chi connectivity index (χ0v) is 13.2. The van der Waals surface area contributed by atoms with E-state index in [1.165, 1.54) is 0 Å². The van der Waals surface area contributed by atoms with Gasteiger partial charge in [0.2, 0.25) is 11.8 Å². The minimum atomic E-state index is -0.905. The van der Waals surface area contributed by atoms with E-state index in [9.17, 15) is 9.18 Å². The Balaban J connectivity index is 1.86. The number of carbonyl (C=O) groups is 1. The van der Waals surface area contributed by atoms with E-state index in [1.54, 1.807) is 4.90 Å². The summed E-state index contributed by atoms with van der Waals surface area (Å²) in [5.41, 5.74) is 5.22. The van der Waals surface area contributed by atoms with Gasteiger partial charge in [0.1, 0.15) is 6.17 Å². The summed E-state index contributed by atoms with van der Waals surface area (Å²) < 4.78 is 18.8. The molecule has 0 radical (unpaired) electrons. The zero-order valence-electron chi connectivity index (χ0n) is 13.2. The first-order chi connectivity index (χ1) is 10.5. The minimum absolute atomic E-state index is 0.0227. The summed E-state index contributed by atoms with van der Waals surface area (Å²) in [5.74, 6) is 0.844. The van der Waals surface area contributed by atoms with Crippen LogP contribution < -0.4 is 5.73 Å². The largest absolute Gasteiger partial charge is 0.369 e. The number of primary amides is 1. The second kappa shape index (κ2) is 7.64. The van der Waals surface area contributed by atoms with Crippen molar-refractivity contribution >= 4 is 5.91 Å². The van der Waals surface area contributed by atoms with Crippen LogP contribution in [0.25, 0.3) is 0 Å². The number of hydrogen-bond acceptors (Lipinski definition) is 6. The predicted octanol–water partition coefficient (Wildman–Crippen LogP) is 0.352. The molecule has 2 N–H and O–H groups in total. The molecular formula is C14H24FN5O2. The summed E-state index contributed by atoms with van der Waals surface area (Å²) in [5, 5.41) is 3.91. The van der Waals surface area contributed by atoms with Crippen molar-refractivity contribution in [1.82, 2.24) is 19.9 Å². The van der Waals surface area contributed by atoms with Crippen molar-refractivity contribution in [2.75, 3.05) is 26.7 Å². The van der Waals surface area contributed by atoms with E-state index < -0.39 is 12.1 Å². The van der Waals surface area contributed by atoms with Crippen molar-refractivity contribution in [2.24, 2.45) is 5.73 Å². The third kappa shape index (κ3) is 4.74. The number of halogens is 1. The van der Waals surface area contributed by atoms with Crippen LogP contribution >= 0.6 is 0 Å². The van der Waals surface area contributed by atoms with Gasteiger partial charge in [-0.1, -0.05) is 12.1 Å². The Morgan fingerprint density at radius 2 is 2.36 bits per heavy atom. The van der Waals surface area contributed by atoms with Gasteiger partial charge >= 0.3 is 0 Å². The Bertz CT molecular complexity index is 495. The monoisotopic (exact) mass is 313 g/mol. The van der Waals surface area contributed by atoms with Gasteiger partial charge in [0.15, 0.2) is 5.82 Å². The normalized spacial score (nSPS) is 22.5. The van der Waals surface area contributed by atoms with Gasteiger partial charge in [0, 0.05) is 25.6 Å². The van der Waals surface area contributed by atoms with E-state index >= 15 is 0 Å². The molecule has 8 heteroatoms. The standard InChI is InChI=1S/C14H24FN5O2/c1-3-4-13-17-14(22-18-13)9-19(2)7-11-5-10(15)6-20(11)8-12(16)21/h10-11H,3-9H2,1-2H3,(H2,16,21)/t10-,11-/m0/s1. The predicted molar refractivity (Wildman–Crippen MR) is 78.7 cm³/mol. The molecule has 1 aromatic rings. The maximum Gasteiger partial charge on any atom is 0.240 e. The number of aryl methyl sites for hydroxylation is 1. The minimum Gasteiger partial charge on any atom is -0.369 e. The average molecular weight is 313 g/mol. The molecule has 1 amide bonds. The first kappa shape index (κ1) is 16.8. The Labute approximate surface area is 129 Å². The number of carbonyl (C=O) groups excluding carboxylic acids is 1. The lowest BCUT2D eigenvalue weighted by Crippen LogP contribution is -2.42. The van der Waals surface area contributed by atoms with Crippen molar-refractivity contribution in [3.63, 3.8) is 0 Å². The molecule has 1 saturated heterocycles. The van der Waals surface area contributed by atoms with Crippen molar-refractivity contribution in [3.8, 4) is 0 Å².